The highest BCUT2D eigenvalue weighted by atomic mass is 16.5. The van der Waals surface area contributed by atoms with Crippen LogP contribution in [0.3, 0.4) is 0 Å². The quantitative estimate of drug-likeness (QED) is 0.557. The Morgan fingerprint density at radius 2 is 2.22 bits per heavy atom. The molecule has 50 valence electrons. The first-order chi connectivity index (χ1) is 4.23. The predicted molar refractivity (Wildman–Crippen MR) is 33.8 cm³/mol. The third kappa shape index (κ3) is 1.06. The lowest BCUT2D eigenvalue weighted by Gasteiger charge is -2.17. The Balaban J connectivity index is 2.56. The maximum absolute atomic E-state index is 8.62. The Hall–Kier alpha value is -0.550. The molecule has 0 aromatic carbocycles. The molecule has 0 aromatic rings. The highest BCUT2D eigenvalue weighted by Gasteiger charge is 2.41. The average molecular weight is 125 g/mol. The van der Waals surface area contributed by atoms with Gasteiger partial charge in [0.25, 0.3) is 0 Å². The summed E-state index contributed by atoms with van der Waals surface area (Å²) in [6.07, 6.45) is 2.30. The van der Waals surface area contributed by atoms with Gasteiger partial charge in [0, 0.05) is 13.0 Å². The Kier molecular flexibility index (Phi) is 1.46. The fourth-order valence-electron chi connectivity index (χ4n) is 0.938. The van der Waals surface area contributed by atoms with Gasteiger partial charge in [-0.2, -0.15) is 5.26 Å². The van der Waals surface area contributed by atoms with E-state index in [4.69, 9.17) is 10.00 Å². The van der Waals surface area contributed by atoms with Crippen molar-refractivity contribution in [3.63, 3.8) is 0 Å². The maximum Gasteiger partial charge on any atom is 0.153 e. The molecular formula is C7H11NO. The number of hydrogen-bond acceptors (Lipinski definition) is 2. The van der Waals surface area contributed by atoms with Crippen molar-refractivity contribution in [2.24, 2.45) is 5.92 Å². The lowest BCUT2D eigenvalue weighted by Crippen LogP contribution is -2.27. The van der Waals surface area contributed by atoms with Crippen LogP contribution in [0.4, 0.5) is 0 Å². The molecule has 9 heavy (non-hydrogen) atoms. The van der Waals surface area contributed by atoms with Crippen LogP contribution in [0.2, 0.25) is 0 Å². The first-order valence-electron chi connectivity index (χ1n) is 3.19. The van der Waals surface area contributed by atoms with Gasteiger partial charge in [0.15, 0.2) is 5.60 Å². The Morgan fingerprint density at radius 1 is 1.67 bits per heavy atom. The largest absolute Gasteiger partial charge is 0.363 e. The zero-order valence-corrected chi connectivity index (χ0v) is 5.85. The van der Waals surface area contributed by atoms with Crippen LogP contribution in [0.25, 0.3) is 0 Å². The molecule has 0 N–H and O–H groups in total. The van der Waals surface area contributed by atoms with E-state index >= 15 is 0 Å². The normalized spacial score (nSPS) is 24.6. The van der Waals surface area contributed by atoms with Crippen molar-refractivity contribution < 1.29 is 4.74 Å². The van der Waals surface area contributed by atoms with Gasteiger partial charge in [-0.3, -0.25) is 0 Å². The third-order valence-electron chi connectivity index (χ3n) is 2.00. The van der Waals surface area contributed by atoms with Crippen LogP contribution in [-0.4, -0.2) is 12.7 Å². The van der Waals surface area contributed by atoms with Gasteiger partial charge >= 0.3 is 0 Å². The van der Waals surface area contributed by atoms with Gasteiger partial charge in [0.1, 0.15) is 0 Å². The molecule has 1 saturated carbocycles. The van der Waals surface area contributed by atoms with Crippen molar-refractivity contribution in [1.82, 2.24) is 0 Å². The van der Waals surface area contributed by atoms with Crippen molar-refractivity contribution in [2.45, 2.75) is 25.4 Å². The minimum Gasteiger partial charge on any atom is -0.363 e. The van der Waals surface area contributed by atoms with Gasteiger partial charge in [-0.05, 0) is 19.8 Å². The molecule has 0 spiro atoms. The molecular weight excluding hydrogens is 114 g/mol. The summed E-state index contributed by atoms with van der Waals surface area (Å²) in [5, 5.41) is 8.62. The molecule has 1 fully saturated rings. The average Bonchev–Trinajstić information content (AvgIpc) is 2.68. The van der Waals surface area contributed by atoms with Crippen molar-refractivity contribution in [1.29, 1.82) is 5.26 Å². The minimum absolute atomic E-state index is 0.493. The molecule has 1 aliphatic rings. The van der Waals surface area contributed by atoms with E-state index in [1.807, 2.05) is 6.92 Å². The van der Waals surface area contributed by atoms with Crippen molar-refractivity contribution in [3.05, 3.63) is 0 Å². The fraction of sp³-hybridized carbons (Fsp3) is 0.857. The van der Waals surface area contributed by atoms with Gasteiger partial charge in [-0.1, -0.05) is 0 Å². The van der Waals surface area contributed by atoms with E-state index in [0.29, 0.717) is 5.92 Å². The van der Waals surface area contributed by atoms with E-state index in [1.165, 1.54) is 0 Å². The zero-order chi connectivity index (χ0) is 6.91. The van der Waals surface area contributed by atoms with Crippen molar-refractivity contribution in [3.8, 4) is 6.07 Å². The summed E-state index contributed by atoms with van der Waals surface area (Å²) < 4.78 is 5.05. The van der Waals surface area contributed by atoms with Gasteiger partial charge in [0.2, 0.25) is 0 Å². The van der Waals surface area contributed by atoms with E-state index in [2.05, 4.69) is 6.07 Å². The van der Waals surface area contributed by atoms with Gasteiger partial charge in [0.05, 0.1) is 6.07 Å². The Bertz CT molecular complexity index is 145. The number of ether oxygens (including phenoxy) is 1. The highest BCUT2D eigenvalue weighted by Crippen LogP contribution is 2.40. The predicted octanol–water partition coefficient (Wildman–Crippen LogP) is 1.33. The molecule has 2 nitrogen and oxygen atoms in total. The van der Waals surface area contributed by atoms with Gasteiger partial charge in [-0.25, -0.2) is 0 Å². The van der Waals surface area contributed by atoms with Crippen LogP contribution < -0.4 is 0 Å². The lowest BCUT2D eigenvalue weighted by atomic mass is 10.0. The molecule has 1 atom stereocenters. The molecule has 0 unspecified atom stereocenters. The zero-order valence-electron chi connectivity index (χ0n) is 5.85. The van der Waals surface area contributed by atoms with Crippen molar-refractivity contribution in [2.75, 3.05) is 7.11 Å². The van der Waals surface area contributed by atoms with Crippen LogP contribution in [0, 0.1) is 17.2 Å². The van der Waals surface area contributed by atoms with Crippen LogP contribution in [0.15, 0.2) is 0 Å². The number of nitrogens with zero attached hydrogens (tertiary/aromatic N) is 1. The smallest absolute Gasteiger partial charge is 0.153 e. The summed E-state index contributed by atoms with van der Waals surface area (Å²) in [5.41, 5.74) is -0.500. The van der Waals surface area contributed by atoms with E-state index in [1.54, 1.807) is 7.11 Å². The van der Waals surface area contributed by atoms with Gasteiger partial charge < -0.3 is 4.74 Å². The maximum atomic E-state index is 8.62. The van der Waals surface area contributed by atoms with Crippen LogP contribution in [-0.2, 0) is 4.74 Å². The van der Waals surface area contributed by atoms with Crippen LogP contribution in [0.1, 0.15) is 19.8 Å². The SMILES string of the molecule is CO[C@](C)(C#N)C1CC1. The summed E-state index contributed by atoms with van der Waals surface area (Å²) >= 11 is 0. The van der Waals surface area contributed by atoms with E-state index < -0.39 is 5.60 Å². The van der Waals surface area contributed by atoms with Crippen LogP contribution >= 0.6 is 0 Å². The first-order valence-corrected chi connectivity index (χ1v) is 3.19. The topological polar surface area (TPSA) is 33.0 Å². The molecule has 2 heteroatoms. The standard InChI is InChI=1S/C7H11NO/c1-7(5-8,9-2)6-3-4-6/h6H,3-4H2,1-2H3/t7-/m1/s1. The van der Waals surface area contributed by atoms with Crippen molar-refractivity contribution >= 4 is 0 Å². The minimum atomic E-state index is -0.500. The van der Waals surface area contributed by atoms with E-state index in [0.717, 1.165) is 12.8 Å². The second-order valence-electron chi connectivity index (χ2n) is 2.70. The molecule has 0 radical (unpaired) electrons. The molecule has 0 saturated heterocycles. The second kappa shape index (κ2) is 2.00. The number of methoxy groups -OCH3 is 1. The molecule has 0 bridgehead atoms. The van der Waals surface area contributed by atoms with Crippen LogP contribution in [0.5, 0.6) is 0 Å². The number of hydrogen-bond donors (Lipinski definition) is 0. The number of rotatable bonds is 2. The summed E-state index contributed by atoms with van der Waals surface area (Å²) in [7, 11) is 1.60. The Labute approximate surface area is 55.4 Å². The monoisotopic (exact) mass is 125 g/mol. The van der Waals surface area contributed by atoms with E-state index in [9.17, 15) is 0 Å². The van der Waals surface area contributed by atoms with Gasteiger partial charge in [-0.15, -0.1) is 0 Å². The highest BCUT2D eigenvalue weighted by molar-refractivity contribution is 5.07. The molecule has 0 heterocycles. The third-order valence-corrected chi connectivity index (χ3v) is 2.00. The lowest BCUT2D eigenvalue weighted by molar-refractivity contribution is 0.0365. The second-order valence-corrected chi connectivity index (χ2v) is 2.70. The summed E-state index contributed by atoms with van der Waals surface area (Å²) in [4.78, 5) is 0. The Morgan fingerprint density at radius 3 is 2.33 bits per heavy atom. The number of nitriles is 1. The molecule has 0 aromatic heterocycles. The first kappa shape index (κ1) is 6.57. The molecule has 0 aliphatic heterocycles. The summed E-state index contributed by atoms with van der Waals surface area (Å²) in [5.74, 6) is 0.493. The summed E-state index contributed by atoms with van der Waals surface area (Å²) in [6, 6.07) is 2.17. The molecule has 0 amide bonds. The fourth-order valence-corrected chi connectivity index (χ4v) is 0.938. The molecule has 1 aliphatic carbocycles. The van der Waals surface area contributed by atoms with E-state index in [-0.39, 0.29) is 0 Å². The molecule has 1 rings (SSSR count). The summed E-state index contributed by atoms with van der Waals surface area (Å²) in [6.45, 7) is 1.85.